The van der Waals surface area contributed by atoms with Crippen molar-refractivity contribution in [1.82, 2.24) is 15.2 Å². The molecule has 0 radical (unpaired) electrons. The molecule has 0 spiro atoms. The summed E-state index contributed by atoms with van der Waals surface area (Å²) in [6.07, 6.45) is 2.63. The van der Waals surface area contributed by atoms with Crippen molar-refractivity contribution in [3.05, 3.63) is 60.3 Å². The minimum Gasteiger partial charge on any atom is -0.477 e. The maximum atomic E-state index is 12.6. The molecule has 0 aliphatic carbocycles. The molecule has 0 unspecified atom stereocenters. The highest BCUT2D eigenvalue weighted by Crippen LogP contribution is 2.22. The van der Waals surface area contributed by atoms with Crippen molar-refractivity contribution in [2.75, 3.05) is 18.2 Å². The number of ether oxygens (including phenoxy) is 1. The second-order valence-electron chi connectivity index (χ2n) is 5.85. The Morgan fingerprint density at radius 1 is 1.11 bits per heavy atom. The maximum Gasteiger partial charge on any atom is 0.261 e. The van der Waals surface area contributed by atoms with Crippen molar-refractivity contribution in [3.8, 4) is 17.1 Å². The van der Waals surface area contributed by atoms with E-state index in [1.165, 1.54) is 6.07 Å². The van der Waals surface area contributed by atoms with E-state index in [0.29, 0.717) is 29.1 Å². The molecule has 1 N–H and O–H groups in total. The van der Waals surface area contributed by atoms with Crippen LogP contribution in [0.3, 0.4) is 0 Å². The van der Waals surface area contributed by atoms with Crippen molar-refractivity contribution in [3.63, 3.8) is 0 Å². The number of amides is 1. The van der Waals surface area contributed by atoms with E-state index in [0.717, 1.165) is 6.26 Å². The fraction of sp³-hybridized carbons (Fsp3) is 0.158. The van der Waals surface area contributed by atoms with Gasteiger partial charge in [-0.15, -0.1) is 10.2 Å². The van der Waals surface area contributed by atoms with Crippen LogP contribution in [0.2, 0.25) is 0 Å². The lowest BCUT2D eigenvalue weighted by Gasteiger charge is -2.10. The molecule has 0 bridgehead atoms. The van der Waals surface area contributed by atoms with Gasteiger partial charge >= 0.3 is 0 Å². The zero-order valence-electron chi connectivity index (χ0n) is 15.3. The van der Waals surface area contributed by atoms with Crippen molar-refractivity contribution >= 4 is 21.4 Å². The number of carbonyl (C=O) groups is 1. The Morgan fingerprint density at radius 2 is 1.93 bits per heavy atom. The number of nitrogens with one attached hydrogen (secondary N) is 1. The topological polar surface area (TPSA) is 111 Å². The fourth-order valence-corrected chi connectivity index (χ4v) is 2.95. The fourth-order valence-electron chi connectivity index (χ4n) is 2.44. The lowest BCUT2D eigenvalue weighted by molar-refractivity contribution is 0.102. The van der Waals surface area contributed by atoms with E-state index in [2.05, 4.69) is 20.5 Å². The second kappa shape index (κ2) is 8.13. The molecule has 1 aromatic carbocycles. The van der Waals surface area contributed by atoms with Crippen LogP contribution in [-0.4, -0.2) is 42.4 Å². The molecule has 2 aromatic heterocycles. The number of rotatable bonds is 6. The molecule has 9 heteroatoms. The van der Waals surface area contributed by atoms with E-state index in [1.54, 1.807) is 48.7 Å². The van der Waals surface area contributed by atoms with Gasteiger partial charge in [-0.1, -0.05) is 12.1 Å². The molecule has 3 aromatic rings. The zero-order valence-corrected chi connectivity index (χ0v) is 16.1. The minimum absolute atomic E-state index is 0.0965. The summed E-state index contributed by atoms with van der Waals surface area (Å²) in [5, 5.41) is 10.4. The second-order valence-corrected chi connectivity index (χ2v) is 7.82. The van der Waals surface area contributed by atoms with Crippen LogP contribution in [0.4, 0.5) is 5.69 Å². The normalized spacial score (nSPS) is 11.1. The van der Waals surface area contributed by atoms with Crippen LogP contribution in [0.15, 0.2) is 59.8 Å². The van der Waals surface area contributed by atoms with Gasteiger partial charge in [-0.3, -0.25) is 4.79 Å². The number of hydrogen-bond acceptors (Lipinski definition) is 7. The van der Waals surface area contributed by atoms with E-state index in [9.17, 15) is 13.2 Å². The van der Waals surface area contributed by atoms with Crippen LogP contribution in [0.5, 0.6) is 5.88 Å². The Bertz CT molecular complexity index is 1100. The summed E-state index contributed by atoms with van der Waals surface area (Å²) in [6.45, 7) is 2.21. The van der Waals surface area contributed by atoms with Gasteiger partial charge in [0, 0.05) is 23.7 Å². The lowest BCUT2D eigenvalue weighted by Crippen LogP contribution is -2.14. The summed E-state index contributed by atoms with van der Waals surface area (Å²) >= 11 is 0. The number of carbonyl (C=O) groups excluding carboxylic acids is 1. The number of anilines is 1. The molecule has 1 amide bonds. The van der Waals surface area contributed by atoms with Gasteiger partial charge in [0.1, 0.15) is 5.56 Å². The van der Waals surface area contributed by atoms with Crippen molar-refractivity contribution in [2.24, 2.45) is 0 Å². The van der Waals surface area contributed by atoms with E-state index in [4.69, 9.17) is 4.74 Å². The highest BCUT2D eigenvalue weighted by atomic mass is 32.2. The number of nitrogens with zero attached hydrogens (tertiary/aromatic N) is 3. The smallest absolute Gasteiger partial charge is 0.261 e. The predicted molar refractivity (Wildman–Crippen MR) is 104 cm³/mol. The standard InChI is InChI=1S/C19H18N4O4S/c1-3-27-19-15(8-5-11-20-19)18(24)21-14-7-4-6-13(12-14)16-9-10-17(23-22-16)28(2,25)26/h4-12H,3H2,1-2H3,(H,21,24). The van der Waals surface area contributed by atoms with Gasteiger partial charge in [0.15, 0.2) is 14.9 Å². The van der Waals surface area contributed by atoms with Crippen LogP contribution < -0.4 is 10.1 Å². The van der Waals surface area contributed by atoms with Gasteiger partial charge in [-0.25, -0.2) is 13.4 Å². The first-order chi connectivity index (χ1) is 13.4. The summed E-state index contributed by atoms with van der Waals surface area (Å²) in [5.74, 6) is -0.0897. The Labute approximate surface area is 162 Å². The molecule has 3 rings (SSSR count). The van der Waals surface area contributed by atoms with E-state index in [-0.39, 0.29) is 16.8 Å². The third kappa shape index (κ3) is 4.49. The zero-order chi connectivity index (χ0) is 20.1. The van der Waals surface area contributed by atoms with Gasteiger partial charge in [-0.2, -0.15) is 0 Å². The molecule has 0 saturated heterocycles. The van der Waals surface area contributed by atoms with Crippen LogP contribution in [0.25, 0.3) is 11.3 Å². The van der Waals surface area contributed by atoms with Crippen molar-refractivity contribution in [2.45, 2.75) is 11.9 Å². The van der Waals surface area contributed by atoms with E-state index >= 15 is 0 Å². The molecule has 0 saturated carbocycles. The highest BCUT2D eigenvalue weighted by Gasteiger charge is 2.14. The number of sulfone groups is 1. The SMILES string of the molecule is CCOc1ncccc1C(=O)Nc1cccc(-c2ccc(S(C)(=O)=O)nn2)c1. The third-order valence-electron chi connectivity index (χ3n) is 3.73. The first-order valence-electron chi connectivity index (χ1n) is 8.42. The summed E-state index contributed by atoms with van der Waals surface area (Å²) in [6, 6.07) is 13.2. The Morgan fingerprint density at radius 3 is 2.61 bits per heavy atom. The first-order valence-corrected chi connectivity index (χ1v) is 10.3. The van der Waals surface area contributed by atoms with Crippen LogP contribution in [-0.2, 0) is 9.84 Å². The van der Waals surface area contributed by atoms with Crippen molar-refractivity contribution < 1.29 is 17.9 Å². The summed E-state index contributed by atoms with van der Waals surface area (Å²) in [4.78, 5) is 16.7. The van der Waals surface area contributed by atoms with Crippen LogP contribution in [0, 0.1) is 0 Å². The minimum atomic E-state index is -3.41. The molecule has 28 heavy (non-hydrogen) atoms. The van der Waals surface area contributed by atoms with Crippen molar-refractivity contribution in [1.29, 1.82) is 0 Å². The molecule has 0 aliphatic rings. The first kappa shape index (κ1) is 19.4. The Balaban J connectivity index is 1.83. The quantitative estimate of drug-likeness (QED) is 0.679. The lowest BCUT2D eigenvalue weighted by atomic mass is 10.1. The van der Waals surface area contributed by atoms with Gasteiger partial charge in [0.2, 0.25) is 5.88 Å². The van der Waals surface area contributed by atoms with Gasteiger partial charge in [0.25, 0.3) is 5.91 Å². The Hall–Kier alpha value is -3.33. The summed E-state index contributed by atoms with van der Waals surface area (Å²) in [5.41, 5.74) is 2.04. The van der Waals surface area contributed by atoms with Gasteiger partial charge < -0.3 is 10.1 Å². The van der Waals surface area contributed by atoms with Crippen LogP contribution in [0.1, 0.15) is 17.3 Å². The number of pyridine rings is 1. The van der Waals surface area contributed by atoms with Crippen LogP contribution >= 0.6 is 0 Å². The molecular formula is C19H18N4O4S. The maximum absolute atomic E-state index is 12.6. The molecule has 0 aliphatic heterocycles. The predicted octanol–water partition coefficient (Wildman–Crippen LogP) is 2.59. The monoisotopic (exact) mass is 398 g/mol. The summed E-state index contributed by atoms with van der Waals surface area (Å²) in [7, 11) is -3.41. The summed E-state index contributed by atoms with van der Waals surface area (Å²) < 4.78 is 28.4. The molecule has 2 heterocycles. The van der Waals surface area contributed by atoms with E-state index < -0.39 is 9.84 Å². The third-order valence-corrected chi connectivity index (χ3v) is 4.71. The average Bonchev–Trinajstić information content (AvgIpc) is 2.68. The average molecular weight is 398 g/mol. The molecule has 144 valence electrons. The molecule has 8 nitrogen and oxygen atoms in total. The highest BCUT2D eigenvalue weighted by molar-refractivity contribution is 7.90. The van der Waals surface area contributed by atoms with E-state index in [1.807, 2.05) is 6.92 Å². The largest absolute Gasteiger partial charge is 0.477 e. The molecule has 0 atom stereocenters. The van der Waals surface area contributed by atoms with Gasteiger partial charge in [-0.05, 0) is 43.3 Å². The number of hydrogen-bond donors (Lipinski definition) is 1. The van der Waals surface area contributed by atoms with Gasteiger partial charge in [0.05, 0.1) is 12.3 Å². The number of aromatic nitrogens is 3. The molecular weight excluding hydrogens is 380 g/mol. The molecule has 0 fully saturated rings. The Kier molecular flexibility index (Phi) is 5.65. The number of benzene rings is 1.